The molecule has 0 unspecified atom stereocenters. The first-order chi connectivity index (χ1) is 9.69. The van der Waals surface area contributed by atoms with E-state index in [1.165, 1.54) is 0 Å². The van der Waals surface area contributed by atoms with Crippen LogP contribution in [-0.4, -0.2) is 21.8 Å². The number of pyridine rings is 1. The third-order valence-corrected chi connectivity index (χ3v) is 3.56. The van der Waals surface area contributed by atoms with Crippen molar-refractivity contribution in [2.45, 2.75) is 13.5 Å². The molecular formula is C15H15ClN4. The van der Waals surface area contributed by atoms with Crippen molar-refractivity contribution in [1.82, 2.24) is 20.1 Å². The molecule has 0 atom stereocenters. The summed E-state index contributed by atoms with van der Waals surface area (Å²) in [6, 6.07) is 10.2. The number of fused-ring (bicyclic) bond motifs is 1. The summed E-state index contributed by atoms with van der Waals surface area (Å²) in [5.74, 6) is 0.809. The number of benzene rings is 1. The molecule has 0 bridgehead atoms. The van der Waals surface area contributed by atoms with E-state index in [1.807, 2.05) is 32.2 Å². The summed E-state index contributed by atoms with van der Waals surface area (Å²) >= 11 is 6.11. The van der Waals surface area contributed by atoms with E-state index in [1.54, 1.807) is 10.9 Å². The van der Waals surface area contributed by atoms with Crippen LogP contribution in [0, 0.1) is 6.92 Å². The number of rotatable bonds is 3. The number of nitrogens with one attached hydrogen (secondary N) is 1. The Morgan fingerprint density at radius 3 is 2.80 bits per heavy atom. The fraction of sp³-hybridized carbons (Fsp3) is 0.200. The predicted octanol–water partition coefficient (Wildman–Crippen LogP) is 3.10. The van der Waals surface area contributed by atoms with E-state index >= 15 is 0 Å². The molecule has 3 aromatic rings. The Balaban J connectivity index is 2.26. The fourth-order valence-electron chi connectivity index (χ4n) is 2.23. The lowest BCUT2D eigenvalue weighted by atomic mass is 10.1. The van der Waals surface area contributed by atoms with Crippen LogP contribution in [0.25, 0.3) is 16.6 Å². The summed E-state index contributed by atoms with van der Waals surface area (Å²) in [5.41, 5.74) is 1.78. The van der Waals surface area contributed by atoms with Crippen molar-refractivity contribution in [3.63, 3.8) is 0 Å². The van der Waals surface area contributed by atoms with Crippen molar-refractivity contribution in [2.24, 2.45) is 0 Å². The minimum atomic E-state index is 0.648. The first-order valence-electron chi connectivity index (χ1n) is 6.44. The third-order valence-electron chi connectivity index (χ3n) is 3.19. The van der Waals surface area contributed by atoms with E-state index in [4.69, 9.17) is 16.6 Å². The molecule has 2 aromatic heterocycles. The molecule has 20 heavy (non-hydrogen) atoms. The topological polar surface area (TPSA) is 42.7 Å². The Bertz CT molecular complexity index is 744. The highest BCUT2D eigenvalue weighted by molar-refractivity contribution is 6.31. The highest BCUT2D eigenvalue weighted by Crippen LogP contribution is 2.23. The van der Waals surface area contributed by atoms with Gasteiger partial charge < -0.3 is 5.32 Å². The number of hydrogen-bond acceptors (Lipinski definition) is 3. The van der Waals surface area contributed by atoms with Crippen LogP contribution in [0.15, 0.2) is 36.5 Å². The summed E-state index contributed by atoms with van der Waals surface area (Å²) in [7, 11) is 1.91. The molecule has 1 N–H and O–H groups in total. The molecule has 102 valence electrons. The van der Waals surface area contributed by atoms with Gasteiger partial charge in [-0.05, 0) is 25.4 Å². The third kappa shape index (κ3) is 2.28. The molecular weight excluding hydrogens is 272 g/mol. The monoisotopic (exact) mass is 286 g/mol. The molecule has 0 saturated heterocycles. The van der Waals surface area contributed by atoms with E-state index in [9.17, 15) is 0 Å². The van der Waals surface area contributed by atoms with Gasteiger partial charge in [0.25, 0.3) is 0 Å². The zero-order chi connectivity index (χ0) is 14.1. The summed E-state index contributed by atoms with van der Waals surface area (Å²) in [6.07, 6.45) is 1.80. The maximum absolute atomic E-state index is 6.11. The average molecular weight is 287 g/mol. The Morgan fingerprint density at radius 1 is 1.30 bits per heavy atom. The first kappa shape index (κ1) is 13.1. The number of aromatic nitrogens is 3. The minimum Gasteiger partial charge on any atom is -0.314 e. The van der Waals surface area contributed by atoms with Gasteiger partial charge in [0, 0.05) is 11.9 Å². The molecule has 0 spiro atoms. The van der Waals surface area contributed by atoms with Crippen LogP contribution in [0.4, 0.5) is 0 Å². The van der Waals surface area contributed by atoms with Crippen LogP contribution in [0.2, 0.25) is 5.02 Å². The van der Waals surface area contributed by atoms with Crippen molar-refractivity contribution in [1.29, 1.82) is 0 Å². The van der Waals surface area contributed by atoms with Gasteiger partial charge in [-0.3, -0.25) is 0 Å². The van der Waals surface area contributed by atoms with E-state index in [0.29, 0.717) is 11.6 Å². The molecule has 0 aliphatic rings. The van der Waals surface area contributed by atoms with Crippen LogP contribution in [0.1, 0.15) is 11.4 Å². The zero-order valence-corrected chi connectivity index (χ0v) is 12.1. The Labute approximate surface area is 122 Å². The van der Waals surface area contributed by atoms with Crippen molar-refractivity contribution in [3.05, 3.63) is 52.9 Å². The van der Waals surface area contributed by atoms with E-state index < -0.39 is 0 Å². The minimum absolute atomic E-state index is 0.648. The van der Waals surface area contributed by atoms with Crippen molar-refractivity contribution < 1.29 is 0 Å². The van der Waals surface area contributed by atoms with Crippen molar-refractivity contribution >= 4 is 22.4 Å². The Kier molecular flexibility index (Phi) is 3.42. The summed E-state index contributed by atoms with van der Waals surface area (Å²) in [5, 5.41) is 10.4. The van der Waals surface area contributed by atoms with Crippen molar-refractivity contribution in [3.8, 4) is 5.82 Å². The highest BCUT2D eigenvalue weighted by Gasteiger charge is 2.10. The number of nitrogens with zero attached hydrogens (tertiary/aromatic N) is 3. The zero-order valence-electron chi connectivity index (χ0n) is 11.4. The predicted molar refractivity (Wildman–Crippen MR) is 81.4 cm³/mol. The van der Waals surface area contributed by atoms with Crippen molar-refractivity contribution in [2.75, 3.05) is 7.05 Å². The van der Waals surface area contributed by atoms with E-state index in [2.05, 4.69) is 22.5 Å². The van der Waals surface area contributed by atoms with Crippen LogP contribution in [0.5, 0.6) is 0 Å². The number of aryl methyl sites for hydroxylation is 1. The molecule has 5 heteroatoms. The lowest BCUT2D eigenvalue weighted by molar-refractivity contribution is 0.772. The molecule has 3 rings (SSSR count). The molecule has 0 saturated carbocycles. The second kappa shape index (κ2) is 5.23. The second-order valence-corrected chi connectivity index (χ2v) is 5.10. The van der Waals surface area contributed by atoms with Crippen LogP contribution in [-0.2, 0) is 6.54 Å². The maximum Gasteiger partial charge on any atom is 0.161 e. The van der Waals surface area contributed by atoms with Crippen LogP contribution < -0.4 is 5.32 Å². The molecule has 0 fully saturated rings. The largest absolute Gasteiger partial charge is 0.314 e. The van der Waals surface area contributed by atoms with Gasteiger partial charge in [-0.1, -0.05) is 35.9 Å². The summed E-state index contributed by atoms with van der Waals surface area (Å²) in [4.78, 5) is 4.69. The van der Waals surface area contributed by atoms with E-state index in [0.717, 1.165) is 28.0 Å². The smallest absolute Gasteiger partial charge is 0.161 e. The lowest BCUT2D eigenvalue weighted by Gasteiger charge is -2.09. The van der Waals surface area contributed by atoms with Gasteiger partial charge in [0.05, 0.1) is 22.6 Å². The van der Waals surface area contributed by atoms with Gasteiger partial charge in [0.2, 0.25) is 0 Å². The highest BCUT2D eigenvalue weighted by atomic mass is 35.5. The first-order valence-corrected chi connectivity index (χ1v) is 6.82. The fourth-order valence-corrected chi connectivity index (χ4v) is 2.36. The second-order valence-electron chi connectivity index (χ2n) is 4.70. The SMILES string of the molecule is CNCc1cc2ccccc2c(-n2cc(Cl)c(C)n2)n1. The molecule has 0 aliphatic carbocycles. The molecule has 0 amide bonds. The average Bonchev–Trinajstić information content (AvgIpc) is 2.78. The van der Waals surface area contributed by atoms with Gasteiger partial charge in [0.1, 0.15) is 0 Å². The molecule has 0 radical (unpaired) electrons. The van der Waals surface area contributed by atoms with Crippen LogP contribution >= 0.6 is 11.6 Å². The van der Waals surface area contributed by atoms with Gasteiger partial charge in [-0.25, -0.2) is 9.67 Å². The molecule has 0 aliphatic heterocycles. The Hall–Kier alpha value is -1.91. The number of hydrogen-bond donors (Lipinski definition) is 1. The summed E-state index contributed by atoms with van der Waals surface area (Å²) in [6.45, 7) is 2.60. The van der Waals surface area contributed by atoms with Gasteiger partial charge in [-0.15, -0.1) is 0 Å². The van der Waals surface area contributed by atoms with E-state index in [-0.39, 0.29) is 0 Å². The molecule has 2 heterocycles. The molecule has 4 nitrogen and oxygen atoms in total. The standard InChI is InChI=1S/C15H15ClN4/c1-10-14(16)9-20(19-10)15-13-6-4-3-5-11(13)7-12(18-15)8-17-2/h3-7,9,17H,8H2,1-2H3. The normalized spacial score (nSPS) is 11.2. The lowest BCUT2D eigenvalue weighted by Crippen LogP contribution is -2.09. The molecule has 1 aromatic carbocycles. The number of halogens is 1. The van der Waals surface area contributed by atoms with Gasteiger partial charge in [0.15, 0.2) is 5.82 Å². The Morgan fingerprint density at radius 2 is 2.10 bits per heavy atom. The quantitative estimate of drug-likeness (QED) is 0.804. The van der Waals surface area contributed by atoms with Gasteiger partial charge in [-0.2, -0.15) is 5.10 Å². The van der Waals surface area contributed by atoms with Gasteiger partial charge >= 0.3 is 0 Å². The maximum atomic E-state index is 6.11. The van der Waals surface area contributed by atoms with Crippen LogP contribution in [0.3, 0.4) is 0 Å². The summed E-state index contributed by atoms with van der Waals surface area (Å²) < 4.78 is 1.75.